The molecule has 0 radical (unpaired) electrons. The molecular formula is C34H33ClN4O4. The highest BCUT2D eigenvalue weighted by molar-refractivity contribution is 6.30. The number of aromatic nitrogens is 3. The molecule has 3 aromatic carbocycles. The molecule has 2 atom stereocenters. The molecule has 5 rings (SSSR count). The number of nitrogens with zero attached hydrogens (tertiary/aromatic N) is 3. The van der Waals surface area contributed by atoms with E-state index in [2.05, 4.69) is 10.3 Å². The second-order valence-corrected chi connectivity index (χ2v) is 11.3. The Balaban J connectivity index is 1.64. The Labute approximate surface area is 254 Å². The van der Waals surface area contributed by atoms with E-state index in [9.17, 15) is 14.4 Å². The average Bonchev–Trinajstić information content (AvgIpc) is 3.54. The van der Waals surface area contributed by atoms with Gasteiger partial charge in [0.15, 0.2) is 0 Å². The number of rotatable bonds is 10. The summed E-state index contributed by atoms with van der Waals surface area (Å²) in [5.41, 5.74) is 3.52. The molecule has 2 unspecified atom stereocenters. The first-order valence-electron chi connectivity index (χ1n) is 14.1. The van der Waals surface area contributed by atoms with Gasteiger partial charge in [-0.3, -0.25) is 19.7 Å². The van der Waals surface area contributed by atoms with Crippen LogP contribution in [-0.2, 0) is 9.53 Å². The smallest absolute Gasteiger partial charge is 0.322 e. The summed E-state index contributed by atoms with van der Waals surface area (Å²) in [5, 5.41) is 4.38. The van der Waals surface area contributed by atoms with Gasteiger partial charge in [-0.05, 0) is 58.9 Å². The molecule has 220 valence electrons. The number of methoxy groups -OCH3 is 1. The van der Waals surface area contributed by atoms with Gasteiger partial charge < -0.3 is 9.30 Å². The van der Waals surface area contributed by atoms with Crippen LogP contribution in [0.25, 0.3) is 22.0 Å². The SMILES string of the molecule is COC(=O)C(CC(C)C)NCC(=O)n1c(=O)cc(-c2ccccc2)c2cc(C(c3ccc(Cl)cc3)n3ccnc3)ccc21. The van der Waals surface area contributed by atoms with Crippen molar-refractivity contribution < 1.29 is 14.3 Å². The van der Waals surface area contributed by atoms with E-state index in [1.165, 1.54) is 17.7 Å². The van der Waals surface area contributed by atoms with E-state index in [4.69, 9.17) is 16.3 Å². The van der Waals surface area contributed by atoms with Crippen LogP contribution in [0.3, 0.4) is 0 Å². The summed E-state index contributed by atoms with van der Waals surface area (Å²) in [6.45, 7) is 3.76. The predicted octanol–water partition coefficient (Wildman–Crippen LogP) is 5.97. The van der Waals surface area contributed by atoms with Crippen molar-refractivity contribution in [1.29, 1.82) is 0 Å². The minimum Gasteiger partial charge on any atom is -0.468 e. The van der Waals surface area contributed by atoms with Crippen LogP contribution in [0, 0.1) is 5.92 Å². The van der Waals surface area contributed by atoms with Gasteiger partial charge in [0.05, 0.1) is 31.5 Å². The van der Waals surface area contributed by atoms with Crippen LogP contribution in [0.5, 0.6) is 0 Å². The maximum Gasteiger partial charge on any atom is 0.322 e. The van der Waals surface area contributed by atoms with Gasteiger partial charge >= 0.3 is 5.97 Å². The molecule has 5 aromatic rings. The Hall–Kier alpha value is -4.53. The highest BCUT2D eigenvalue weighted by atomic mass is 35.5. The summed E-state index contributed by atoms with van der Waals surface area (Å²) in [5.74, 6) is -0.720. The Kier molecular flexibility index (Phi) is 9.19. The Morgan fingerprint density at radius 3 is 2.35 bits per heavy atom. The van der Waals surface area contributed by atoms with Crippen LogP contribution in [-0.4, -0.2) is 45.7 Å². The van der Waals surface area contributed by atoms with Crippen LogP contribution in [0.1, 0.15) is 42.2 Å². The van der Waals surface area contributed by atoms with Gasteiger partial charge in [-0.25, -0.2) is 9.55 Å². The molecule has 0 aliphatic heterocycles. The molecule has 0 bridgehead atoms. The number of pyridine rings is 1. The molecule has 0 spiro atoms. The average molecular weight is 597 g/mol. The van der Waals surface area contributed by atoms with E-state index in [1.807, 2.05) is 97.4 Å². The first-order valence-corrected chi connectivity index (χ1v) is 14.5. The number of halogens is 1. The lowest BCUT2D eigenvalue weighted by Crippen LogP contribution is -2.44. The van der Waals surface area contributed by atoms with Crippen LogP contribution >= 0.6 is 11.6 Å². The van der Waals surface area contributed by atoms with Gasteiger partial charge in [0.1, 0.15) is 6.04 Å². The number of carbonyl (C=O) groups excluding carboxylic acids is 2. The number of esters is 1. The number of ether oxygens (including phenoxy) is 1. The zero-order valence-electron chi connectivity index (χ0n) is 24.2. The minimum atomic E-state index is -0.665. The molecule has 2 heterocycles. The van der Waals surface area contributed by atoms with E-state index >= 15 is 0 Å². The predicted molar refractivity (Wildman–Crippen MR) is 168 cm³/mol. The summed E-state index contributed by atoms with van der Waals surface area (Å²) in [7, 11) is 1.32. The zero-order chi connectivity index (χ0) is 30.5. The molecule has 0 saturated carbocycles. The van der Waals surface area contributed by atoms with E-state index in [0.29, 0.717) is 22.5 Å². The lowest BCUT2D eigenvalue weighted by Gasteiger charge is -2.22. The highest BCUT2D eigenvalue weighted by Crippen LogP contribution is 2.33. The van der Waals surface area contributed by atoms with Gasteiger partial charge in [0.25, 0.3) is 5.56 Å². The summed E-state index contributed by atoms with van der Waals surface area (Å²) < 4.78 is 8.10. The first-order chi connectivity index (χ1) is 20.8. The quantitative estimate of drug-likeness (QED) is 0.200. The van der Waals surface area contributed by atoms with Crippen LogP contribution in [0.4, 0.5) is 0 Å². The van der Waals surface area contributed by atoms with Gasteiger partial charge in [-0.15, -0.1) is 0 Å². The van der Waals surface area contributed by atoms with Crippen molar-refractivity contribution in [2.75, 3.05) is 13.7 Å². The molecule has 8 nitrogen and oxygen atoms in total. The topological polar surface area (TPSA) is 95.2 Å². The maximum absolute atomic E-state index is 13.6. The summed E-state index contributed by atoms with van der Waals surface area (Å²) in [4.78, 5) is 43.7. The van der Waals surface area contributed by atoms with Crippen molar-refractivity contribution in [3.05, 3.63) is 124 Å². The van der Waals surface area contributed by atoms with Gasteiger partial charge in [-0.1, -0.05) is 74.0 Å². The fourth-order valence-corrected chi connectivity index (χ4v) is 5.53. The molecule has 0 amide bonds. The van der Waals surface area contributed by atoms with Gasteiger partial charge in [-0.2, -0.15) is 0 Å². The molecule has 1 N–H and O–H groups in total. The summed E-state index contributed by atoms with van der Waals surface area (Å²) in [6, 6.07) is 23.6. The third kappa shape index (κ3) is 6.61. The van der Waals surface area contributed by atoms with Crippen LogP contribution in [0.15, 0.2) is 102 Å². The van der Waals surface area contributed by atoms with Gasteiger partial charge in [0, 0.05) is 28.9 Å². The summed E-state index contributed by atoms with van der Waals surface area (Å²) in [6.07, 6.45) is 5.87. The van der Waals surface area contributed by atoms with E-state index in [1.54, 1.807) is 12.5 Å². The van der Waals surface area contributed by atoms with E-state index in [-0.39, 0.29) is 18.5 Å². The number of hydrogen-bond donors (Lipinski definition) is 1. The molecule has 0 aliphatic rings. The molecule has 0 aliphatic carbocycles. The molecule has 0 saturated heterocycles. The molecular weight excluding hydrogens is 564 g/mol. The maximum atomic E-state index is 13.6. The molecule has 0 fully saturated rings. The Bertz CT molecular complexity index is 1780. The largest absolute Gasteiger partial charge is 0.468 e. The van der Waals surface area contributed by atoms with Crippen molar-refractivity contribution in [3.8, 4) is 11.1 Å². The minimum absolute atomic E-state index is 0.197. The standard InChI is InChI=1S/C34H33ClN4O4/c1-22(2)17-29(34(42)43-3)37-20-32(41)39-30-14-11-25(18-28(30)27(19-31(39)40)23-7-5-4-6-8-23)33(38-16-15-36-21-38)24-9-12-26(35)13-10-24/h4-16,18-19,21-22,29,33,37H,17,20H2,1-3H3. The van der Waals surface area contributed by atoms with E-state index in [0.717, 1.165) is 22.1 Å². The van der Waals surface area contributed by atoms with E-state index < -0.39 is 23.5 Å². The number of imidazole rings is 1. The fourth-order valence-electron chi connectivity index (χ4n) is 5.40. The lowest BCUT2D eigenvalue weighted by atomic mass is 9.94. The van der Waals surface area contributed by atoms with Crippen molar-refractivity contribution in [3.63, 3.8) is 0 Å². The highest BCUT2D eigenvalue weighted by Gasteiger charge is 2.24. The fraction of sp³-hybridized carbons (Fsp3) is 0.235. The van der Waals surface area contributed by atoms with Gasteiger partial charge in [0.2, 0.25) is 5.91 Å². The second-order valence-electron chi connectivity index (χ2n) is 10.8. The number of benzene rings is 3. The van der Waals surface area contributed by atoms with Crippen LogP contribution < -0.4 is 10.9 Å². The monoisotopic (exact) mass is 596 g/mol. The van der Waals surface area contributed by atoms with Crippen molar-refractivity contribution >= 4 is 34.4 Å². The van der Waals surface area contributed by atoms with Crippen molar-refractivity contribution in [1.82, 2.24) is 19.4 Å². The third-order valence-electron chi connectivity index (χ3n) is 7.39. The number of carbonyl (C=O) groups is 2. The zero-order valence-corrected chi connectivity index (χ0v) is 25.0. The van der Waals surface area contributed by atoms with Crippen molar-refractivity contribution in [2.24, 2.45) is 5.92 Å². The first kappa shape index (κ1) is 29.9. The molecule has 43 heavy (non-hydrogen) atoms. The lowest BCUT2D eigenvalue weighted by molar-refractivity contribution is -0.143. The van der Waals surface area contributed by atoms with Crippen molar-refractivity contribution in [2.45, 2.75) is 32.4 Å². The number of fused-ring (bicyclic) bond motifs is 1. The van der Waals surface area contributed by atoms with Crippen LogP contribution in [0.2, 0.25) is 5.02 Å². The Morgan fingerprint density at radius 2 is 1.70 bits per heavy atom. The summed E-state index contributed by atoms with van der Waals surface area (Å²) >= 11 is 6.20. The number of hydrogen-bond acceptors (Lipinski definition) is 6. The Morgan fingerprint density at radius 1 is 0.977 bits per heavy atom. The normalized spacial score (nSPS) is 12.8. The number of nitrogens with one attached hydrogen (secondary N) is 1. The second kappa shape index (κ2) is 13.2. The molecule has 2 aromatic heterocycles. The third-order valence-corrected chi connectivity index (χ3v) is 7.64. The molecule has 9 heteroatoms.